The molecule has 0 saturated carbocycles. The molecular weight excluding hydrogens is 555 g/mol. The van der Waals surface area contributed by atoms with E-state index in [1.54, 1.807) is 0 Å². The van der Waals surface area contributed by atoms with E-state index in [4.69, 9.17) is 0 Å². The zero-order valence-corrected chi connectivity index (χ0v) is 30.9. The summed E-state index contributed by atoms with van der Waals surface area (Å²) in [6.07, 6.45) is 15.2. The molecule has 0 aliphatic rings. The minimum Gasteiger partial charge on any atom is -0.550 e. The number of carboxylic acids is 1. The molecule has 0 aliphatic heterocycles. The van der Waals surface area contributed by atoms with Crippen molar-refractivity contribution in [2.45, 2.75) is 99.8 Å². The maximum Gasteiger partial charge on any atom is 1.00 e. The van der Waals surface area contributed by atoms with E-state index in [9.17, 15) is 14.7 Å². The molecule has 2 rings (SSSR count). The molecule has 2 aromatic rings. The molecule has 0 N–H and O–H groups in total. The summed E-state index contributed by atoms with van der Waals surface area (Å²) in [7, 11) is 1.96. The quantitative estimate of drug-likeness (QED) is 0.134. The molecule has 0 amide bonds. The number of anilines is 1. The number of benzene rings is 1. The Hall–Kier alpha value is -2.60. The fourth-order valence-electron chi connectivity index (χ4n) is 5.18. The van der Waals surface area contributed by atoms with Crippen LogP contribution in [0.15, 0.2) is 76.9 Å². The number of aliphatic carboxylic acids is 1. The topological polar surface area (TPSA) is 65.4 Å². The summed E-state index contributed by atoms with van der Waals surface area (Å²) in [6.45, 7) is 16.5. The average molecular weight is 609 g/mol. The van der Waals surface area contributed by atoms with Crippen LogP contribution in [0.25, 0.3) is 0 Å². The van der Waals surface area contributed by atoms with Crippen LogP contribution in [-0.4, -0.2) is 29.4 Å². The van der Waals surface area contributed by atoms with Crippen LogP contribution in [0, 0.1) is 0 Å². The fourth-order valence-corrected chi connectivity index (χ4v) is 5.18. The van der Waals surface area contributed by atoms with Crippen LogP contribution >= 0.6 is 0 Å². The number of carboxylic acid groups (broad SMARTS) is 1. The van der Waals surface area contributed by atoms with E-state index in [1.807, 2.05) is 42.8 Å². The van der Waals surface area contributed by atoms with Crippen LogP contribution < -0.4 is 39.6 Å². The number of nitrogens with zero attached hydrogens (tertiary/aromatic N) is 2. The van der Waals surface area contributed by atoms with Gasteiger partial charge < -0.3 is 19.4 Å². The third-order valence-electron chi connectivity index (χ3n) is 7.83. The number of aromatic nitrogens is 1. The van der Waals surface area contributed by atoms with Gasteiger partial charge in [0, 0.05) is 54.3 Å². The monoisotopic (exact) mass is 608 g/mol. The number of carbonyl (C=O) groups excluding carboxylic acids is 2. The molecule has 0 atom stereocenters. The molecule has 0 radical (unpaired) electrons. The molecule has 0 spiro atoms. The summed E-state index contributed by atoms with van der Waals surface area (Å²) in [6, 6.07) is 9.92. The zero-order chi connectivity index (χ0) is 31.9. The average Bonchev–Trinajstić information content (AvgIpc) is 3.26. The molecule has 0 aliphatic carbocycles. The predicted molar refractivity (Wildman–Crippen MR) is 180 cm³/mol. The van der Waals surface area contributed by atoms with Gasteiger partial charge in [-0.3, -0.25) is 4.79 Å². The Balaban J connectivity index is 0.00000968. The molecule has 0 bridgehead atoms. The zero-order valence-electron chi connectivity index (χ0n) is 28.9. The normalized spacial score (nSPS) is 11.5. The molecule has 234 valence electrons. The van der Waals surface area contributed by atoms with Crippen LogP contribution in [0.4, 0.5) is 5.69 Å². The van der Waals surface area contributed by atoms with E-state index in [2.05, 4.69) is 76.8 Å². The molecule has 44 heavy (non-hydrogen) atoms. The standard InChI is InChI=1S/C38H54N2O3.Na/c1-9-36-35(27-33(39(36)8)19-13-21-37(41)42)38(43)32-18-12-20-34(26-32)40(24-22-30(6)16-10-14-28(2)3)25-23-31(7)17-11-15-29(4)5;/h12,14-15,18,20,22-23,26-27H,9-11,13,16-17,19,21,24-25H2,1-8H3,(H,41,42);/q;+1/p-1/b30-22+,31-23+;. The largest absolute Gasteiger partial charge is 1.00 e. The third-order valence-corrected chi connectivity index (χ3v) is 7.83. The molecule has 1 heterocycles. The summed E-state index contributed by atoms with van der Waals surface area (Å²) in [5.74, 6) is -1.04. The van der Waals surface area contributed by atoms with Crippen molar-refractivity contribution >= 4 is 17.4 Å². The van der Waals surface area contributed by atoms with Crippen LogP contribution in [0.2, 0.25) is 0 Å². The molecule has 6 heteroatoms. The Kier molecular flexibility index (Phi) is 18.3. The van der Waals surface area contributed by atoms with E-state index in [1.165, 1.54) is 22.3 Å². The second-order valence-electron chi connectivity index (χ2n) is 12.2. The second-order valence-corrected chi connectivity index (χ2v) is 12.2. The molecular formula is C38H53N2NaO3. The van der Waals surface area contributed by atoms with Crippen molar-refractivity contribution in [2.75, 3.05) is 18.0 Å². The first kappa shape index (κ1) is 39.4. The van der Waals surface area contributed by atoms with E-state index < -0.39 is 5.97 Å². The van der Waals surface area contributed by atoms with Gasteiger partial charge in [0.15, 0.2) is 5.78 Å². The van der Waals surface area contributed by atoms with E-state index in [-0.39, 0.29) is 41.8 Å². The summed E-state index contributed by atoms with van der Waals surface area (Å²) in [4.78, 5) is 27.1. The Morgan fingerprint density at radius 1 is 0.841 bits per heavy atom. The van der Waals surface area contributed by atoms with Crippen LogP contribution in [0.5, 0.6) is 0 Å². The van der Waals surface area contributed by atoms with E-state index >= 15 is 0 Å². The predicted octanol–water partition coefficient (Wildman–Crippen LogP) is 5.09. The molecule has 5 nitrogen and oxygen atoms in total. The van der Waals surface area contributed by atoms with Crippen molar-refractivity contribution in [2.24, 2.45) is 7.05 Å². The number of ketones is 1. The van der Waals surface area contributed by atoms with Gasteiger partial charge in [0.1, 0.15) is 0 Å². The summed E-state index contributed by atoms with van der Waals surface area (Å²) in [5.41, 5.74) is 9.75. The number of carbonyl (C=O) groups is 2. The van der Waals surface area contributed by atoms with Gasteiger partial charge in [0.25, 0.3) is 0 Å². The maximum absolute atomic E-state index is 13.9. The maximum atomic E-state index is 13.9. The van der Waals surface area contributed by atoms with Crippen molar-refractivity contribution < 1.29 is 44.3 Å². The Morgan fingerprint density at radius 2 is 1.41 bits per heavy atom. The van der Waals surface area contributed by atoms with Gasteiger partial charge >= 0.3 is 29.6 Å². The minimum absolute atomic E-state index is 0. The first-order valence-corrected chi connectivity index (χ1v) is 15.8. The number of aryl methyl sites for hydroxylation is 1. The molecule has 0 saturated heterocycles. The van der Waals surface area contributed by atoms with E-state index in [0.29, 0.717) is 24.0 Å². The molecule has 0 unspecified atom stereocenters. The number of hydrogen-bond acceptors (Lipinski definition) is 4. The molecule has 1 aromatic heterocycles. The van der Waals surface area contributed by atoms with Gasteiger partial charge in [-0.05, 0) is 111 Å². The SMILES string of the molecule is CCc1c(C(=O)c2cccc(N(C/C=C(\C)CCC=C(C)C)C/C=C(\C)CCC=C(C)C)c2)cc(CCCC(=O)[O-])n1C.[Na+]. The minimum atomic E-state index is -1.04. The summed E-state index contributed by atoms with van der Waals surface area (Å²) >= 11 is 0. The van der Waals surface area contributed by atoms with Crippen molar-refractivity contribution in [3.8, 4) is 0 Å². The summed E-state index contributed by atoms with van der Waals surface area (Å²) < 4.78 is 2.05. The van der Waals surface area contributed by atoms with Gasteiger partial charge in [0.2, 0.25) is 0 Å². The third kappa shape index (κ3) is 13.6. The van der Waals surface area contributed by atoms with Gasteiger partial charge in [-0.15, -0.1) is 0 Å². The first-order chi connectivity index (χ1) is 20.4. The Labute approximate surface area is 289 Å². The summed E-state index contributed by atoms with van der Waals surface area (Å²) in [5, 5.41) is 10.9. The Bertz CT molecular complexity index is 1310. The van der Waals surface area contributed by atoms with E-state index in [0.717, 1.165) is 62.3 Å². The van der Waals surface area contributed by atoms with Gasteiger partial charge in [-0.25, -0.2) is 0 Å². The van der Waals surface area contributed by atoms with Crippen molar-refractivity contribution in [1.29, 1.82) is 0 Å². The van der Waals surface area contributed by atoms with Crippen molar-refractivity contribution in [3.63, 3.8) is 0 Å². The van der Waals surface area contributed by atoms with Gasteiger partial charge in [-0.2, -0.15) is 0 Å². The van der Waals surface area contributed by atoms with Crippen molar-refractivity contribution in [1.82, 2.24) is 4.57 Å². The number of hydrogen-bond donors (Lipinski definition) is 0. The van der Waals surface area contributed by atoms with Crippen molar-refractivity contribution in [3.05, 3.63) is 99.4 Å². The first-order valence-electron chi connectivity index (χ1n) is 15.8. The smallest absolute Gasteiger partial charge is 0.550 e. The van der Waals surface area contributed by atoms with Crippen LogP contribution in [0.1, 0.15) is 114 Å². The molecule has 0 fully saturated rings. The molecule has 1 aromatic carbocycles. The van der Waals surface area contributed by atoms with Gasteiger partial charge in [0.05, 0.1) is 0 Å². The van der Waals surface area contributed by atoms with Gasteiger partial charge in [-0.1, -0.05) is 65.7 Å². The van der Waals surface area contributed by atoms with Crippen LogP contribution in [-0.2, 0) is 24.7 Å². The second kappa shape index (κ2) is 20.4. The van der Waals surface area contributed by atoms with Crippen LogP contribution in [0.3, 0.4) is 0 Å². The number of allylic oxidation sites excluding steroid dienone is 6. The Morgan fingerprint density at radius 3 is 1.91 bits per heavy atom. The number of rotatable bonds is 18. The fraction of sp³-hybridized carbons (Fsp3) is 0.474.